The molecule has 1 aliphatic carbocycles. The molecule has 4 rings (SSSR count). The lowest BCUT2D eigenvalue weighted by atomic mass is 10.3. The zero-order valence-electron chi connectivity index (χ0n) is 11.3. The largest absolute Gasteiger partial charge is 0.399 e. The zero-order valence-corrected chi connectivity index (χ0v) is 12.9. The van der Waals surface area contributed by atoms with Crippen molar-refractivity contribution < 1.29 is 0 Å². The number of nitrogen functional groups attached to an aromatic ring is 1. The van der Waals surface area contributed by atoms with Gasteiger partial charge in [0.05, 0.1) is 16.3 Å². The van der Waals surface area contributed by atoms with Crippen LogP contribution in [0.25, 0.3) is 10.2 Å². The Balaban J connectivity index is 1.64. The Morgan fingerprint density at radius 1 is 1.29 bits per heavy atom. The van der Waals surface area contributed by atoms with Gasteiger partial charge < -0.3 is 5.73 Å². The number of hydrogen-bond donors (Lipinski definition) is 1. The van der Waals surface area contributed by atoms with Crippen molar-refractivity contribution in [2.45, 2.75) is 41.2 Å². The first-order valence-corrected chi connectivity index (χ1v) is 8.55. The fourth-order valence-electron chi connectivity index (χ4n) is 2.67. The lowest BCUT2D eigenvalue weighted by Crippen LogP contribution is -2.08. The highest BCUT2D eigenvalue weighted by Gasteiger charge is 2.22. The predicted octanol–water partition coefficient (Wildman–Crippen LogP) is 3.13. The van der Waals surface area contributed by atoms with Gasteiger partial charge in [0.25, 0.3) is 0 Å². The second-order valence-corrected chi connectivity index (χ2v) is 7.40. The highest BCUT2D eigenvalue weighted by atomic mass is 32.2. The Morgan fingerprint density at radius 2 is 2.14 bits per heavy atom. The maximum atomic E-state index is 5.81. The second kappa shape index (κ2) is 5.27. The molecular formula is C13H14N6S2. The van der Waals surface area contributed by atoms with Crippen LogP contribution in [0, 0.1) is 0 Å². The molecule has 3 aromatic rings. The van der Waals surface area contributed by atoms with Crippen LogP contribution in [-0.4, -0.2) is 25.2 Å². The molecule has 2 heterocycles. The number of nitrogens with two attached hydrogens (primary N) is 1. The van der Waals surface area contributed by atoms with E-state index in [1.165, 1.54) is 24.6 Å². The summed E-state index contributed by atoms with van der Waals surface area (Å²) in [5.74, 6) is 0. The highest BCUT2D eigenvalue weighted by Crippen LogP contribution is 2.37. The molecule has 0 radical (unpaired) electrons. The third-order valence-electron chi connectivity index (χ3n) is 3.70. The van der Waals surface area contributed by atoms with Gasteiger partial charge in [-0.15, -0.1) is 16.4 Å². The van der Waals surface area contributed by atoms with Crippen molar-refractivity contribution in [1.29, 1.82) is 0 Å². The smallest absolute Gasteiger partial charge is 0.216 e. The topological polar surface area (TPSA) is 82.5 Å². The Kier molecular flexibility index (Phi) is 3.27. The number of aromatic nitrogens is 5. The minimum absolute atomic E-state index is 0.438. The van der Waals surface area contributed by atoms with Crippen molar-refractivity contribution in [3.05, 3.63) is 18.2 Å². The average molecular weight is 318 g/mol. The Bertz CT molecular complexity index is 774. The van der Waals surface area contributed by atoms with Crippen molar-refractivity contribution in [1.82, 2.24) is 25.2 Å². The fraction of sp³-hybridized carbons (Fsp3) is 0.385. The normalized spacial score (nSPS) is 16.0. The molecule has 1 aliphatic rings. The van der Waals surface area contributed by atoms with Gasteiger partial charge in [0.15, 0.2) is 4.34 Å². The Hall–Kier alpha value is -1.67. The number of benzene rings is 1. The molecule has 0 saturated heterocycles. The predicted molar refractivity (Wildman–Crippen MR) is 83.5 cm³/mol. The second-order valence-electron chi connectivity index (χ2n) is 5.15. The summed E-state index contributed by atoms with van der Waals surface area (Å²) in [6, 6.07) is 6.22. The lowest BCUT2D eigenvalue weighted by molar-refractivity contribution is 0.423. The summed E-state index contributed by atoms with van der Waals surface area (Å²) >= 11 is 3.16. The quantitative estimate of drug-likeness (QED) is 0.747. The summed E-state index contributed by atoms with van der Waals surface area (Å²) in [6.07, 6.45) is 4.84. The highest BCUT2D eigenvalue weighted by molar-refractivity contribution is 8.01. The molecule has 2 N–H and O–H groups in total. The van der Waals surface area contributed by atoms with E-state index in [1.54, 1.807) is 11.3 Å². The molecule has 1 saturated carbocycles. The molecule has 0 unspecified atom stereocenters. The van der Waals surface area contributed by atoms with Crippen LogP contribution < -0.4 is 5.73 Å². The number of tetrazole rings is 1. The minimum atomic E-state index is 0.438. The van der Waals surface area contributed by atoms with Crippen molar-refractivity contribution in [2.75, 3.05) is 5.73 Å². The minimum Gasteiger partial charge on any atom is -0.399 e. The first-order chi connectivity index (χ1) is 10.3. The van der Waals surface area contributed by atoms with E-state index in [-0.39, 0.29) is 0 Å². The van der Waals surface area contributed by atoms with E-state index < -0.39 is 0 Å². The third kappa shape index (κ3) is 2.49. The fourth-order valence-corrected chi connectivity index (χ4v) is 4.73. The number of thiazole rings is 1. The van der Waals surface area contributed by atoms with Gasteiger partial charge in [0.1, 0.15) is 0 Å². The Labute approximate surface area is 129 Å². The molecule has 0 bridgehead atoms. The van der Waals surface area contributed by atoms with Gasteiger partial charge in [-0.25, -0.2) is 9.67 Å². The van der Waals surface area contributed by atoms with Crippen LogP contribution in [0.3, 0.4) is 0 Å². The average Bonchev–Trinajstić information content (AvgIpc) is 3.16. The molecule has 0 atom stereocenters. The molecule has 0 spiro atoms. The number of nitrogens with zero attached hydrogens (tertiary/aromatic N) is 5. The van der Waals surface area contributed by atoms with E-state index in [9.17, 15) is 0 Å². The number of hydrogen-bond acceptors (Lipinski definition) is 7. The van der Waals surface area contributed by atoms with Crippen LogP contribution in [0.2, 0.25) is 0 Å². The van der Waals surface area contributed by atoms with Crippen LogP contribution in [0.4, 0.5) is 5.69 Å². The van der Waals surface area contributed by atoms with Gasteiger partial charge in [-0.05, 0) is 53.2 Å². The van der Waals surface area contributed by atoms with Gasteiger partial charge in [0, 0.05) is 5.69 Å². The molecule has 1 aromatic carbocycles. The standard InChI is InChI=1S/C13H14N6S2/c14-8-5-6-10-11(7-8)20-13(15-10)21-12-16-17-18-19(12)9-3-1-2-4-9/h5-7,9H,1-4,14H2. The van der Waals surface area contributed by atoms with Crippen LogP contribution in [0.5, 0.6) is 0 Å². The molecule has 0 amide bonds. The molecule has 8 heteroatoms. The summed E-state index contributed by atoms with van der Waals surface area (Å²) in [6.45, 7) is 0. The Morgan fingerprint density at radius 3 is 3.00 bits per heavy atom. The van der Waals surface area contributed by atoms with E-state index in [2.05, 4.69) is 20.5 Å². The number of fused-ring (bicyclic) bond motifs is 1. The van der Waals surface area contributed by atoms with E-state index >= 15 is 0 Å². The number of rotatable bonds is 3. The van der Waals surface area contributed by atoms with Crippen molar-refractivity contribution in [2.24, 2.45) is 0 Å². The first-order valence-electron chi connectivity index (χ1n) is 6.91. The summed E-state index contributed by atoms with van der Waals surface area (Å²) in [5, 5.41) is 13.0. The summed E-state index contributed by atoms with van der Waals surface area (Å²) in [5.41, 5.74) is 7.54. The SMILES string of the molecule is Nc1ccc2nc(Sc3nnnn3C3CCCC3)sc2c1. The number of anilines is 1. The maximum Gasteiger partial charge on any atom is 0.216 e. The first kappa shape index (κ1) is 13.0. The maximum absolute atomic E-state index is 5.81. The summed E-state index contributed by atoms with van der Waals surface area (Å²) < 4.78 is 4.00. The zero-order chi connectivity index (χ0) is 14.2. The van der Waals surface area contributed by atoms with E-state index in [0.717, 1.165) is 38.2 Å². The van der Waals surface area contributed by atoms with Crippen LogP contribution in [0.15, 0.2) is 27.7 Å². The van der Waals surface area contributed by atoms with Gasteiger partial charge in [-0.2, -0.15) is 0 Å². The molecule has 0 aliphatic heterocycles. The van der Waals surface area contributed by atoms with Crippen molar-refractivity contribution in [3.8, 4) is 0 Å². The van der Waals surface area contributed by atoms with Gasteiger partial charge >= 0.3 is 0 Å². The van der Waals surface area contributed by atoms with E-state index in [1.807, 2.05) is 22.9 Å². The van der Waals surface area contributed by atoms with Crippen molar-refractivity contribution in [3.63, 3.8) is 0 Å². The molecule has 21 heavy (non-hydrogen) atoms. The molecule has 6 nitrogen and oxygen atoms in total. The van der Waals surface area contributed by atoms with Gasteiger partial charge in [0.2, 0.25) is 5.16 Å². The van der Waals surface area contributed by atoms with E-state index in [0.29, 0.717) is 6.04 Å². The lowest BCUT2D eigenvalue weighted by Gasteiger charge is -2.09. The van der Waals surface area contributed by atoms with E-state index in [4.69, 9.17) is 5.73 Å². The molecule has 108 valence electrons. The molecule has 1 fully saturated rings. The summed E-state index contributed by atoms with van der Waals surface area (Å²) in [4.78, 5) is 4.61. The third-order valence-corrected chi connectivity index (χ3v) is 5.73. The van der Waals surface area contributed by atoms with Crippen LogP contribution >= 0.6 is 23.1 Å². The van der Waals surface area contributed by atoms with Crippen LogP contribution in [0.1, 0.15) is 31.7 Å². The van der Waals surface area contributed by atoms with Crippen LogP contribution in [-0.2, 0) is 0 Å². The van der Waals surface area contributed by atoms with Gasteiger partial charge in [-0.1, -0.05) is 12.8 Å². The molecule has 2 aromatic heterocycles. The summed E-state index contributed by atoms with van der Waals surface area (Å²) in [7, 11) is 0. The van der Waals surface area contributed by atoms with Crippen molar-refractivity contribution >= 4 is 39.0 Å². The molecular weight excluding hydrogens is 304 g/mol. The van der Waals surface area contributed by atoms with Gasteiger partial charge in [-0.3, -0.25) is 0 Å². The monoisotopic (exact) mass is 318 g/mol.